The van der Waals surface area contributed by atoms with Crippen molar-refractivity contribution in [2.45, 2.75) is 32.6 Å². The Hall–Kier alpha value is -2.92. The maximum absolute atomic E-state index is 5.91. The second kappa shape index (κ2) is 9.06. The number of nitrogens with one attached hydrogen (secondary N) is 1. The van der Waals surface area contributed by atoms with Gasteiger partial charge in [0.05, 0.1) is 0 Å². The molecule has 2 aromatic rings. The highest BCUT2D eigenvalue weighted by molar-refractivity contribution is 5.85. The predicted octanol–water partition coefficient (Wildman–Crippen LogP) is 4.99. The topological polar surface area (TPSA) is 40.7 Å². The van der Waals surface area contributed by atoms with Crippen molar-refractivity contribution < 1.29 is 9.47 Å². The number of ether oxygens (including phenoxy) is 2. The zero-order chi connectivity index (χ0) is 21.0. The molecule has 0 radical (unpaired) electrons. The Bertz CT molecular complexity index is 1050. The Morgan fingerprint density at radius 1 is 1.06 bits per heavy atom. The molecule has 3 aliphatic rings. The number of allylic oxidation sites excluding steroid dienone is 4. The van der Waals surface area contributed by atoms with Gasteiger partial charge >= 0.3 is 0 Å². The first-order chi connectivity index (χ1) is 15.3. The summed E-state index contributed by atoms with van der Waals surface area (Å²) in [5, 5.41) is 1.37. The maximum atomic E-state index is 5.91. The average molecular weight is 418 g/mol. The van der Waals surface area contributed by atoms with Crippen LogP contribution in [-0.4, -0.2) is 47.5 Å². The highest BCUT2D eigenvalue weighted by atomic mass is 16.6. The predicted molar refractivity (Wildman–Crippen MR) is 124 cm³/mol. The molecule has 2 aliphatic heterocycles. The Kier molecular flexibility index (Phi) is 5.85. The lowest BCUT2D eigenvalue weighted by atomic mass is 10.0. The number of hydrogen-bond donors (Lipinski definition) is 1. The van der Waals surface area contributed by atoms with E-state index in [1.165, 1.54) is 34.0 Å². The first-order valence-corrected chi connectivity index (χ1v) is 11.4. The molecule has 5 nitrogen and oxygen atoms in total. The summed E-state index contributed by atoms with van der Waals surface area (Å²) in [6.45, 7) is 7.35. The molecule has 1 saturated heterocycles. The van der Waals surface area contributed by atoms with Crippen LogP contribution in [0.1, 0.15) is 30.4 Å². The Balaban J connectivity index is 1.07. The van der Waals surface area contributed by atoms with Gasteiger partial charge in [0, 0.05) is 43.3 Å². The number of para-hydroxylation sites is 1. The van der Waals surface area contributed by atoms with Crippen molar-refractivity contribution in [2.75, 3.05) is 32.7 Å². The molecular weight excluding hydrogens is 386 g/mol. The van der Waals surface area contributed by atoms with E-state index in [2.05, 4.69) is 64.3 Å². The van der Waals surface area contributed by atoms with Crippen molar-refractivity contribution >= 4 is 10.9 Å². The first kappa shape index (κ1) is 20.0. The largest absolute Gasteiger partial charge is 0.456 e. The van der Waals surface area contributed by atoms with Crippen LogP contribution < -0.4 is 0 Å². The van der Waals surface area contributed by atoms with E-state index in [1.54, 1.807) is 12.5 Å². The molecule has 0 atom stereocenters. The summed E-state index contributed by atoms with van der Waals surface area (Å²) < 4.78 is 11.8. The molecule has 1 aromatic carbocycles. The van der Waals surface area contributed by atoms with Gasteiger partial charge < -0.3 is 19.4 Å². The van der Waals surface area contributed by atoms with Crippen molar-refractivity contribution in [1.29, 1.82) is 0 Å². The van der Waals surface area contributed by atoms with Crippen LogP contribution in [-0.2, 0) is 15.9 Å². The molecule has 3 heterocycles. The van der Waals surface area contributed by atoms with Crippen LogP contribution >= 0.6 is 0 Å². The van der Waals surface area contributed by atoms with Crippen molar-refractivity contribution in [1.82, 2.24) is 14.8 Å². The lowest BCUT2D eigenvalue weighted by Crippen LogP contribution is -2.46. The molecule has 1 aliphatic carbocycles. The molecular formula is C26H31N3O2. The summed E-state index contributed by atoms with van der Waals surface area (Å²) in [4.78, 5) is 8.28. The standard InChI is InChI=1S/C26H31N3O2/c1-20-7-5-11-23-22(17-27-26(20)23)10-6-12-28-13-15-29(16-14-28)25-19-30-24(18-31-25)21-8-3-2-4-9-21/h2-3,5,7-8,11,17-19,27H,4,6,9-10,12-16H2,1H3. The van der Waals surface area contributed by atoms with E-state index in [-0.39, 0.29) is 0 Å². The normalized spacial score (nSPS) is 19.5. The Labute approximate surface area is 184 Å². The van der Waals surface area contributed by atoms with E-state index in [9.17, 15) is 0 Å². The second-order valence-corrected chi connectivity index (χ2v) is 8.58. The molecule has 5 heteroatoms. The summed E-state index contributed by atoms with van der Waals surface area (Å²) in [5.74, 6) is 1.66. The van der Waals surface area contributed by atoms with E-state index in [4.69, 9.17) is 9.47 Å². The fourth-order valence-electron chi connectivity index (χ4n) is 4.65. The van der Waals surface area contributed by atoms with Crippen molar-refractivity contribution in [3.8, 4) is 0 Å². The van der Waals surface area contributed by atoms with E-state index < -0.39 is 0 Å². The smallest absolute Gasteiger partial charge is 0.231 e. The molecule has 162 valence electrons. The molecule has 0 bridgehead atoms. The monoisotopic (exact) mass is 417 g/mol. The number of H-pyrrole nitrogens is 1. The number of aromatic amines is 1. The zero-order valence-corrected chi connectivity index (χ0v) is 18.3. The van der Waals surface area contributed by atoms with Crippen LogP contribution in [0.25, 0.3) is 10.9 Å². The zero-order valence-electron chi connectivity index (χ0n) is 18.3. The van der Waals surface area contributed by atoms with Crippen LogP contribution in [0.3, 0.4) is 0 Å². The molecule has 0 unspecified atom stereocenters. The molecule has 31 heavy (non-hydrogen) atoms. The van der Waals surface area contributed by atoms with E-state index in [0.717, 1.165) is 63.6 Å². The number of benzene rings is 1. The molecule has 0 saturated carbocycles. The fraction of sp³-hybridized carbons (Fsp3) is 0.385. The van der Waals surface area contributed by atoms with Crippen LogP contribution in [0, 0.1) is 6.92 Å². The third-order valence-corrected chi connectivity index (χ3v) is 6.52. The quantitative estimate of drug-likeness (QED) is 0.719. The summed E-state index contributed by atoms with van der Waals surface area (Å²) in [7, 11) is 0. The van der Waals surface area contributed by atoms with Gasteiger partial charge in [-0.3, -0.25) is 4.90 Å². The minimum Gasteiger partial charge on any atom is -0.456 e. The van der Waals surface area contributed by atoms with Gasteiger partial charge in [-0.05, 0) is 55.9 Å². The van der Waals surface area contributed by atoms with Crippen molar-refractivity contribution in [3.05, 3.63) is 83.5 Å². The van der Waals surface area contributed by atoms with Gasteiger partial charge in [0.1, 0.15) is 6.26 Å². The lowest BCUT2D eigenvalue weighted by Gasteiger charge is -2.36. The van der Waals surface area contributed by atoms with Crippen molar-refractivity contribution in [2.24, 2.45) is 0 Å². The lowest BCUT2D eigenvalue weighted by molar-refractivity contribution is 0.0842. The number of aromatic nitrogens is 1. The molecule has 0 spiro atoms. The Morgan fingerprint density at radius 3 is 2.74 bits per heavy atom. The van der Waals surface area contributed by atoms with Gasteiger partial charge in [-0.15, -0.1) is 0 Å². The molecule has 0 amide bonds. The van der Waals surface area contributed by atoms with E-state index in [0.29, 0.717) is 0 Å². The minimum atomic E-state index is 0.824. The van der Waals surface area contributed by atoms with E-state index in [1.807, 2.05) is 0 Å². The SMILES string of the molecule is Cc1cccc2c(CCCN3CCN(C4=COC(C5=CC=CCC5)=CO4)CC3)c[nH]c12. The number of aryl methyl sites for hydroxylation is 2. The van der Waals surface area contributed by atoms with E-state index >= 15 is 0 Å². The highest BCUT2D eigenvalue weighted by Crippen LogP contribution is 2.27. The van der Waals surface area contributed by atoms with Gasteiger partial charge in [-0.2, -0.15) is 0 Å². The fourth-order valence-corrected chi connectivity index (χ4v) is 4.65. The molecule has 1 aromatic heterocycles. The number of nitrogens with zero attached hydrogens (tertiary/aromatic N) is 2. The van der Waals surface area contributed by atoms with Crippen LogP contribution in [0.5, 0.6) is 0 Å². The molecule has 5 rings (SSSR count). The van der Waals surface area contributed by atoms with Gasteiger partial charge in [0.2, 0.25) is 5.88 Å². The summed E-state index contributed by atoms with van der Waals surface area (Å²) in [6.07, 6.45) is 16.4. The van der Waals surface area contributed by atoms with Gasteiger partial charge in [0.25, 0.3) is 0 Å². The number of hydrogen-bond acceptors (Lipinski definition) is 4. The van der Waals surface area contributed by atoms with Crippen LogP contribution in [0.4, 0.5) is 0 Å². The van der Waals surface area contributed by atoms with Gasteiger partial charge in [0.15, 0.2) is 12.0 Å². The number of fused-ring (bicyclic) bond motifs is 1. The highest BCUT2D eigenvalue weighted by Gasteiger charge is 2.22. The van der Waals surface area contributed by atoms with Crippen LogP contribution in [0.15, 0.2) is 72.4 Å². The summed E-state index contributed by atoms with van der Waals surface area (Å²) in [6, 6.07) is 6.55. The first-order valence-electron chi connectivity index (χ1n) is 11.4. The Morgan fingerprint density at radius 2 is 1.97 bits per heavy atom. The average Bonchev–Trinajstić information content (AvgIpc) is 3.25. The van der Waals surface area contributed by atoms with Gasteiger partial charge in [-0.25, -0.2) is 0 Å². The number of rotatable bonds is 6. The minimum absolute atomic E-state index is 0.824. The third-order valence-electron chi connectivity index (χ3n) is 6.52. The van der Waals surface area contributed by atoms with Crippen molar-refractivity contribution in [3.63, 3.8) is 0 Å². The van der Waals surface area contributed by atoms with Gasteiger partial charge in [-0.1, -0.05) is 36.4 Å². The molecule has 1 N–H and O–H groups in total. The number of piperazine rings is 1. The van der Waals surface area contributed by atoms with Crippen LogP contribution in [0.2, 0.25) is 0 Å². The summed E-state index contributed by atoms with van der Waals surface area (Å²) >= 11 is 0. The summed E-state index contributed by atoms with van der Waals surface area (Å²) in [5.41, 5.74) is 5.23. The second-order valence-electron chi connectivity index (χ2n) is 8.58. The molecule has 1 fully saturated rings. The third kappa shape index (κ3) is 4.42. The maximum Gasteiger partial charge on any atom is 0.231 e.